The van der Waals surface area contributed by atoms with Crippen LogP contribution in [-0.2, 0) is 9.59 Å². The van der Waals surface area contributed by atoms with Crippen LogP contribution in [0.5, 0.6) is 0 Å². The maximum Gasteiger partial charge on any atom is 0.303 e. The average Bonchev–Trinajstić information content (AvgIpc) is 2.81. The summed E-state index contributed by atoms with van der Waals surface area (Å²) in [6, 6.07) is 0. The van der Waals surface area contributed by atoms with Gasteiger partial charge in [0, 0.05) is 24.7 Å². The molecule has 1 aliphatic rings. The fourth-order valence-electron chi connectivity index (χ4n) is 3.28. The van der Waals surface area contributed by atoms with Gasteiger partial charge in [0.25, 0.3) is 0 Å². The van der Waals surface area contributed by atoms with Crippen LogP contribution in [0.15, 0.2) is 24.3 Å². The van der Waals surface area contributed by atoms with Crippen LogP contribution in [0.4, 0.5) is 0 Å². The summed E-state index contributed by atoms with van der Waals surface area (Å²) in [7, 11) is 0. The van der Waals surface area contributed by atoms with Crippen molar-refractivity contribution in [2.75, 3.05) is 0 Å². The number of carboxylic acids is 1. The molecular weight excluding hydrogens is 320 g/mol. The number of Topliss-reactive ketones (excluding diaryl/α,β-unsaturated/α-hetero) is 1. The summed E-state index contributed by atoms with van der Waals surface area (Å²) < 4.78 is 0. The molecule has 0 spiro atoms. The maximum absolute atomic E-state index is 12.1. The smallest absolute Gasteiger partial charge is 0.303 e. The Morgan fingerprint density at radius 3 is 2.68 bits per heavy atom. The molecule has 4 unspecified atom stereocenters. The molecule has 25 heavy (non-hydrogen) atoms. The minimum Gasteiger partial charge on any atom is -0.481 e. The van der Waals surface area contributed by atoms with Gasteiger partial charge in [0.05, 0.1) is 12.2 Å². The number of ketones is 1. The first kappa shape index (κ1) is 21.6. The van der Waals surface area contributed by atoms with Crippen molar-refractivity contribution in [3.05, 3.63) is 24.3 Å². The highest BCUT2D eigenvalue weighted by molar-refractivity contribution is 5.84. The third-order valence-corrected chi connectivity index (χ3v) is 4.70. The summed E-state index contributed by atoms with van der Waals surface area (Å²) in [4.78, 5) is 22.5. The van der Waals surface area contributed by atoms with Gasteiger partial charge in [-0.3, -0.25) is 9.59 Å². The first-order valence-corrected chi connectivity index (χ1v) is 9.38. The zero-order valence-corrected chi connectivity index (χ0v) is 15.1. The third kappa shape index (κ3) is 8.45. The lowest BCUT2D eigenvalue weighted by Gasteiger charge is -2.16. The normalized spacial score (nSPS) is 25.2. The average molecular weight is 352 g/mol. The minimum absolute atomic E-state index is 0.0864. The molecule has 0 aromatic heterocycles. The van der Waals surface area contributed by atoms with Gasteiger partial charge in [-0.1, -0.05) is 37.6 Å². The quantitative estimate of drug-likeness (QED) is 0.370. The van der Waals surface area contributed by atoms with Crippen molar-refractivity contribution in [1.82, 2.24) is 0 Å². The number of hydrogen-bond donors (Lipinski definition) is 3. The summed E-state index contributed by atoms with van der Waals surface area (Å²) in [6.45, 7) is 2.04. The molecule has 0 saturated heterocycles. The predicted octanol–water partition coefficient (Wildman–Crippen LogP) is 3.25. The zero-order valence-electron chi connectivity index (χ0n) is 15.1. The van der Waals surface area contributed by atoms with E-state index < -0.39 is 12.1 Å². The molecule has 5 nitrogen and oxygen atoms in total. The number of carboxylic acid groups (broad SMARTS) is 1. The molecule has 142 valence electrons. The van der Waals surface area contributed by atoms with Crippen molar-refractivity contribution in [2.24, 2.45) is 11.8 Å². The predicted molar refractivity (Wildman–Crippen MR) is 97.1 cm³/mol. The molecule has 1 fully saturated rings. The first-order valence-electron chi connectivity index (χ1n) is 9.38. The molecule has 1 rings (SSSR count). The molecule has 0 heterocycles. The van der Waals surface area contributed by atoms with Gasteiger partial charge in [-0.25, -0.2) is 0 Å². The van der Waals surface area contributed by atoms with Gasteiger partial charge in [-0.05, 0) is 38.5 Å². The second-order valence-electron chi connectivity index (χ2n) is 6.86. The van der Waals surface area contributed by atoms with Crippen LogP contribution in [0, 0.1) is 11.8 Å². The highest BCUT2D eigenvalue weighted by Crippen LogP contribution is 2.33. The molecule has 1 saturated carbocycles. The van der Waals surface area contributed by atoms with E-state index in [1.807, 2.05) is 31.2 Å². The summed E-state index contributed by atoms with van der Waals surface area (Å²) in [6.07, 6.45) is 12.2. The molecule has 0 amide bonds. The fourth-order valence-corrected chi connectivity index (χ4v) is 3.28. The standard InChI is InChI=1S/C20H32O5/c1-2-9-15(21)10-7-8-12-17-16(18(22)14-19(17)23)11-5-3-4-6-13-20(24)25/h3,5,8,12,15-17,19,21,23H,2,4,6-7,9-11,13-14H2,1H3,(H,24,25)/b5-3+,12-8+. The van der Waals surface area contributed by atoms with Crippen molar-refractivity contribution in [2.45, 2.75) is 76.9 Å². The maximum atomic E-state index is 12.1. The van der Waals surface area contributed by atoms with Gasteiger partial charge in [0.2, 0.25) is 0 Å². The van der Waals surface area contributed by atoms with Crippen LogP contribution in [0.1, 0.15) is 64.7 Å². The minimum atomic E-state index is -0.795. The molecule has 0 aromatic rings. The van der Waals surface area contributed by atoms with E-state index in [4.69, 9.17) is 5.11 Å². The van der Waals surface area contributed by atoms with Crippen LogP contribution < -0.4 is 0 Å². The first-order chi connectivity index (χ1) is 12.0. The summed E-state index contributed by atoms with van der Waals surface area (Å²) >= 11 is 0. The number of aliphatic carboxylic acids is 1. The van der Waals surface area contributed by atoms with Gasteiger partial charge >= 0.3 is 5.97 Å². The van der Waals surface area contributed by atoms with E-state index in [0.717, 1.165) is 19.3 Å². The van der Waals surface area contributed by atoms with Gasteiger partial charge < -0.3 is 15.3 Å². The lowest BCUT2D eigenvalue weighted by molar-refractivity contribution is -0.137. The van der Waals surface area contributed by atoms with Crippen molar-refractivity contribution in [1.29, 1.82) is 0 Å². The van der Waals surface area contributed by atoms with Gasteiger partial charge in [0.15, 0.2) is 0 Å². The Morgan fingerprint density at radius 1 is 1.24 bits per heavy atom. The second kappa shape index (κ2) is 12.0. The lowest BCUT2D eigenvalue weighted by atomic mass is 9.90. The number of allylic oxidation sites excluding steroid dienone is 3. The van der Waals surface area contributed by atoms with Crippen LogP contribution in [0.25, 0.3) is 0 Å². The monoisotopic (exact) mass is 352 g/mol. The summed E-state index contributed by atoms with van der Waals surface area (Å²) in [5.74, 6) is -1.08. The van der Waals surface area contributed by atoms with Crippen LogP contribution in [0.2, 0.25) is 0 Å². The van der Waals surface area contributed by atoms with Gasteiger partial charge in [-0.15, -0.1) is 0 Å². The molecular formula is C20H32O5. The molecule has 5 heteroatoms. The third-order valence-electron chi connectivity index (χ3n) is 4.70. The van der Waals surface area contributed by atoms with E-state index >= 15 is 0 Å². The molecule has 0 radical (unpaired) electrons. The van der Waals surface area contributed by atoms with Crippen molar-refractivity contribution in [3.63, 3.8) is 0 Å². The molecule has 1 aliphatic carbocycles. The summed E-state index contributed by atoms with van der Waals surface area (Å²) in [5.41, 5.74) is 0. The highest BCUT2D eigenvalue weighted by atomic mass is 16.4. The van der Waals surface area contributed by atoms with Crippen LogP contribution in [-0.4, -0.2) is 39.3 Å². The number of carbonyl (C=O) groups is 2. The molecule has 0 bridgehead atoms. The van der Waals surface area contributed by atoms with E-state index in [2.05, 4.69) is 0 Å². The molecule has 0 aromatic carbocycles. The van der Waals surface area contributed by atoms with E-state index in [-0.39, 0.29) is 36.6 Å². The Bertz CT molecular complexity index is 469. The fraction of sp³-hybridized carbons (Fsp3) is 0.700. The van der Waals surface area contributed by atoms with Crippen molar-refractivity contribution < 1.29 is 24.9 Å². The number of rotatable bonds is 12. The number of hydrogen-bond acceptors (Lipinski definition) is 4. The van der Waals surface area contributed by atoms with Gasteiger partial charge in [0.1, 0.15) is 5.78 Å². The highest BCUT2D eigenvalue weighted by Gasteiger charge is 2.38. The van der Waals surface area contributed by atoms with E-state index in [9.17, 15) is 19.8 Å². The molecule has 4 atom stereocenters. The Labute approximate surface area is 150 Å². The van der Waals surface area contributed by atoms with E-state index in [1.54, 1.807) is 0 Å². The molecule has 0 aliphatic heterocycles. The Kier molecular flexibility index (Phi) is 10.3. The van der Waals surface area contributed by atoms with Crippen LogP contribution >= 0.6 is 0 Å². The van der Waals surface area contributed by atoms with E-state index in [0.29, 0.717) is 25.7 Å². The SMILES string of the molecule is CCCC(O)CC/C=C/C1C(O)CC(=O)C1C/C=C/CCCC(=O)O. The van der Waals surface area contributed by atoms with Crippen LogP contribution in [0.3, 0.4) is 0 Å². The number of unbranched alkanes of at least 4 members (excludes halogenated alkanes) is 1. The molecule has 3 N–H and O–H groups in total. The second-order valence-corrected chi connectivity index (χ2v) is 6.86. The number of aliphatic hydroxyl groups is 2. The summed E-state index contributed by atoms with van der Waals surface area (Å²) in [5, 5.41) is 28.4. The van der Waals surface area contributed by atoms with Crippen molar-refractivity contribution >= 4 is 11.8 Å². The zero-order chi connectivity index (χ0) is 18.7. The Balaban J connectivity index is 2.43. The van der Waals surface area contributed by atoms with Crippen molar-refractivity contribution in [3.8, 4) is 0 Å². The Morgan fingerprint density at radius 2 is 2.00 bits per heavy atom. The Hall–Kier alpha value is -1.46. The largest absolute Gasteiger partial charge is 0.481 e. The number of aliphatic hydroxyl groups excluding tert-OH is 2. The van der Waals surface area contributed by atoms with E-state index in [1.165, 1.54) is 0 Å². The number of carbonyl (C=O) groups excluding carboxylic acids is 1. The topological polar surface area (TPSA) is 94.8 Å². The lowest BCUT2D eigenvalue weighted by Crippen LogP contribution is -2.18. The van der Waals surface area contributed by atoms with Gasteiger partial charge in [-0.2, -0.15) is 0 Å².